The van der Waals surface area contributed by atoms with Gasteiger partial charge in [0.2, 0.25) is 5.91 Å². The Labute approximate surface area is 112 Å². The number of primary amides is 1. The lowest BCUT2D eigenvalue weighted by Crippen LogP contribution is -2.14. The molecule has 3 heteroatoms. The molecule has 96 valence electrons. The molecule has 0 saturated carbocycles. The first-order valence-electron chi connectivity index (χ1n) is 6.00. The molecule has 3 nitrogen and oxygen atoms in total. The highest BCUT2D eigenvalue weighted by molar-refractivity contribution is 6.18. The SMILES string of the molecule is NC(=O)C(=CCOc1ccccc1)c1ccccc1. The van der Waals surface area contributed by atoms with E-state index in [1.807, 2.05) is 60.7 Å². The average Bonchev–Trinajstić information content (AvgIpc) is 2.45. The van der Waals surface area contributed by atoms with Crippen LogP contribution in [0, 0.1) is 0 Å². The van der Waals surface area contributed by atoms with Crippen LogP contribution in [0.15, 0.2) is 66.7 Å². The molecule has 2 rings (SSSR count). The van der Waals surface area contributed by atoms with Gasteiger partial charge in [-0.25, -0.2) is 0 Å². The Balaban J connectivity index is 2.08. The highest BCUT2D eigenvalue weighted by atomic mass is 16.5. The van der Waals surface area contributed by atoms with Gasteiger partial charge in [0.15, 0.2) is 0 Å². The standard InChI is InChI=1S/C16H15NO2/c17-16(18)15(13-7-3-1-4-8-13)11-12-19-14-9-5-2-6-10-14/h1-11H,12H2,(H2,17,18). The quantitative estimate of drug-likeness (QED) is 0.833. The van der Waals surface area contributed by atoms with Gasteiger partial charge in [0, 0.05) is 5.57 Å². The number of rotatable bonds is 5. The van der Waals surface area contributed by atoms with Crippen molar-refractivity contribution < 1.29 is 9.53 Å². The van der Waals surface area contributed by atoms with E-state index in [4.69, 9.17) is 10.5 Å². The van der Waals surface area contributed by atoms with Crippen molar-refractivity contribution in [2.75, 3.05) is 6.61 Å². The Kier molecular flexibility index (Phi) is 4.34. The van der Waals surface area contributed by atoms with Crippen LogP contribution in [-0.2, 0) is 4.79 Å². The van der Waals surface area contributed by atoms with Gasteiger partial charge in [-0.2, -0.15) is 0 Å². The van der Waals surface area contributed by atoms with E-state index in [9.17, 15) is 4.79 Å². The Morgan fingerprint density at radius 3 is 2.16 bits per heavy atom. The zero-order chi connectivity index (χ0) is 13.5. The maximum atomic E-state index is 11.4. The molecule has 0 saturated heterocycles. The minimum atomic E-state index is -0.456. The van der Waals surface area contributed by atoms with E-state index in [0.29, 0.717) is 12.2 Å². The molecule has 0 aliphatic heterocycles. The van der Waals surface area contributed by atoms with Crippen LogP contribution >= 0.6 is 0 Å². The average molecular weight is 253 g/mol. The molecular formula is C16H15NO2. The third kappa shape index (κ3) is 3.71. The van der Waals surface area contributed by atoms with E-state index in [2.05, 4.69) is 0 Å². The molecule has 0 atom stereocenters. The first-order chi connectivity index (χ1) is 9.27. The molecule has 0 radical (unpaired) electrons. The lowest BCUT2D eigenvalue weighted by atomic mass is 10.1. The molecule has 1 amide bonds. The fourth-order valence-electron chi connectivity index (χ4n) is 1.72. The molecule has 0 heterocycles. The highest BCUT2D eigenvalue weighted by Crippen LogP contribution is 2.14. The first-order valence-corrected chi connectivity index (χ1v) is 6.00. The van der Waals surface area contributed by atoms with E-state index < -0.39 is 5.91 Å². The van der Waals surface area contributed by atoms with E-state index in [0.717, 1.165) is 11.3 Å². The number of para-hydroxylation sites is 1. The van der Waals surface area contributed by atoms with Crippen molar-refractivity contribution in [1.29, 1.82) is 0 Å². The monoisotopic (exact) mass is 253 g/mol. The van der Waals surface area contributed by atoms with Crippen molar-refractivity contribution in [2.45, 2.75) is 0 Å². The predicted molar refractivity (Wildman–Crippen MR) is 75.6 cm³/mol. The largest absolute Gasteiger partial charge is 0.490 e. The molecule has 0 unspecified atom stereocenters. The fraction of sp³-hybridized carbons (Fsp3) is 0.0625. The van der Waals surface area contributed by atoms with Crippen LogP contribution in [0.4, 0.5) is 0 Å². The van der Waals surface area contributed by atoms with Crippen LogP contribution in [0.3, 0.4) is 0 Å². The van der Waals surface area contributed by atoms with Crippen molar-refractivity contribution in [3.8, 4) is 5.75 Å². The molecule has 0 bridgehead atoms. The van der Waals surface area contributed by atoms with Crippen molar-refractivity contribution in [3.63, 3.8) is 0 Å². The summed E-state index contributed by atoms with van der Waals surface area (Å²) < 4.78 is 5.52. The van der Waals surface area contributed by atoms with Crippen LogP contribution in [-0.4, -0.2) is 12.5 Å². The third-order valence-corrected chi connectivity index (χ3v) is 2.63. The Morgan fingerprint density at radius 1 is 1.00 bits per heavy atom. The lowest BCUT2D eigenvalue weighted by Gasteiger charge is -2.05. The van der Waals surface area contributed by atoms with Gasteiger partial charge in [0.05, 0.1) is 0 Å². The summed E-state index contributed by atoms with van der Waals surface area (Å²) >= 11 is 0. The normalized spacial score (nSPS) is 11.1. The molecular weight excluding hydrogens is 238 g/mol. The second-order valence-corrected chi connectivity index (χ2v) is 3.97. The number of carbonyl (C=O) groups is 1. The summed E-state index contributed by atoms with van der Waals surface area (Å²) in [5.41, 5.74) is 6.65. The molecule has 2 aromatic carbocycles. The van der Waals surface area contributed by atoms with Gasteiger partial charge < -0.3 is 10.5 Å². The zero-order valence-electron chi connectivity index (χ0n) is 10.5. The molecule has 0 aliphatic rings. The van der Waals surface area contributed by atoms with Gasteiger partial charge in [0.1, 0.15) is 12.4 Å². The number of ether oxygens (including phenoxy) is 1. The number of amides is 1. The van der Waals surface area contributed by atoms with Crippen molar-refractivity contribution in [1.82, 2.24) is 0 Å². The number of carbonyl (C=O) groups excluding carboxylic acids is 1. The van der Waals surface area contributed by atoms with Crippen molar-refractivity contribution >= 4 is 11.5 Å². The summed E-state index contributed by atoms with van der Waals surface area (Å²) in [6.45, 7) is 0.303. The second kappa shape index (κ2) is 6.40. The topological polar surface area (TPSA) is 52.3 Å². The Bertz CT molecular complexity index is 562. The van der Waals surface area contributed by atoms with Crippen LogP contribution in [0.25, 0.3) is 5.57 Å². The number of benzene rings is 2. The zero-order valence-corrected chi connectivity index (χ0v) is 10.5. The molecule has 0 aliphatic carbocycles. The summed E-state index contributed by atoms with van der Waals surface area (Å²) in [6, 6.07) is 18.7. The third-order valence-electron chi connectivity index (χ3n) is 2.63. The minimum absolute atomic E-state index is 0.303. The smallest absolute Gasteiger partial charge is 0.249 e. The van der Waals surface area contributed by atoms with Crippen molar-refractivity contribution in [2.24, 2.45) is 5.73 Å². The summed E-state index contributed by atoms with van der Waals surface area (Å²) in [5, 5.41) is 0. The summed E-state index contributed by atoms with van der Waals surface area (Å²) in [7, 11) is 0. The maximum absolute atomic E-state index is 11.4. The van der Waals surface area contributed by atoms with E-state index in [1.165, 1.54) is 0 Å². The lowest BCUT2D eigenvalue weighted by molar-refractivity contribution is -0.112. The van der Waals surface area contributed by atoms with Gasteiger partial charge in [-0.1, -0.05) is 48.5 Å². The summed E-state index contributed by atoms with van der Waals surface area (Å²) in [5.74, 6) is 0.304. The van der Waals surface area contributed by atoms with Gasteiger partial charge >= 0.3 is 0 Å². The second-order valence-electron chi connectivity index (χ2n) is 3.97. The minimum Gasteiger partial charge on any atom is -0.490 e. The molecule has 0 spiro atoms. The Hall–Kier alpha value is -2.55. The summed E-state index contributed by atoms with van der Waals surface area (Å²) in [6.07, 6.45) is 1.70. The molecule has 2 aromatic rings. The molecule has 19 heavy (non-hydrogen) atoms. The van der Waals surface area contributed by atoms with Gasteiger partial charge in [-0.3, -0.25) is 4.79 Å². The van der Waals surface area contributed by atoms with E-state index >= 15 is 0 Å². The van der Waals surface area contributed by atoms with E-state index in [1.54, 1.807) is 6.08 Å². The summed E-state index contributed by atoms with van der Waals surface area (Å²) in [4.78, 5) is 11.4. The highest BCUT2D eigenvalue weighted by Gasteiger charge is 2.06. The predicted octanol–water partition coefficient (Wildman–Crippen LogP) is 2.63. The van der Waals surface area contributed by atoms with E-state index in [-0.39, 0.29) is 0 Å². The van der Waals surface area contributed by atoms with Crippen LogP contribution in [0.2, 0.25) is 0 Å². The van der Waals surface area contributed by atoms with Crippen LogP contribution in [0.5, 0.6) is 5.75 Å². The van der Waals surface area contributed by atoms with Crippen molar-refractivity contribution in [3.05, 3.63) is 72.3 Å². The van der Waals surface area contributed by atoms with Crippen LogP contribution < -0.4 is 10.5 Å². The van der Waals surface area contributed by atoms with Gasteiger partial charge in [-0.15, -0.1) is 0 Å². The van der Waals surface area contributed by atoms with Gasteiger partial charge in [0.25, 0.3) is 0 Å². The number of hydrogen-bond donors (Lipinski definition) is 1. The number of hydrogen-bond acceptors (Lipinski definition) is 2. The van der Waals surface area contributed by atoms with Gasteiger partial charge in [-0.05, 0) is 23.8 Å². The number of nitrogens with two attached hydrogens (primary N) is 1. The molecule has 2 N–H and O–H groups in total. The molecule has 0 fully saturated rings. The fourth-order valence-corrected chi connectivity index (χ4v) is 1.72. The van der Waals surface area contributed by atoms with Crippen LogP contribution in [0.1, 0.15) is 5.56 Å². The Morgan fingerprint density at radius 2 is 1.58 bits per heavy atom. The molecule has 0 aromatic heterocycles. The first kappa shape index (κ1) is 12.9. The maximum Gasteiger partial charge on any atom is 0.249 e.